The van der Waals surface area contributed by atoms with Gasteiger partial charge in [-0.05, 0) is 25.1 Å². The van der Waals surface area contributed by atoms with Crippen LogP contribution in [0.25, 0.3) is 0 Å². The summed E-state index contributed by atoms with van der Waals surface area (Å²) in [6.07, 6.45) is -0.241. The first-order chi connectivity index (χ1) is 9.99. The molecule has 2 unspecified atom stereocenters. The molecule has 0 saturated carbocycles. The highest BCUT2D eigenvalue weighted by atomic mass is 35.5. The molecule has 1 saturated heterocycles. The van der Waals surface area contributed by atoms with Crippen LogP contribution in [-0.4, -0.2) is 54.4 Å². The largest absolute Gasteiger partial charge is 0.397 e. The molecule has 0 spiro atoms. The zero-order valence-electron chi connectivity index (χ0n) is 11.9. The van der Waals surface area contributed by atoms with Crippen LogP contribution in [0.3, 0.4) is 0 Å². The fourth-order valence-electron chi connectivity index (χ4n) is 2.23. The first kappa shape index (κ1) is 16.0. The zero-order chi connectivity index (χ0) is 15.4. The lowest BCUT2D eigenvalue weighted by atomic mass is 10.2. The number of morpholine rings is 1. The highest BCUT2D eigenvalue weighted by molar-refractivity contribution is 6.31. The van der Waals surface area contributed by atoms with Crippen LogP contribution < -0.4 is 11.1 Å². The van der Waals surface area contributed by atoms with Crippen LogP contribution in [0.4, 0.5) is 11.4 Å². The van der Waals surface area contributed by atoms with E-state index < -0.39 is 0 Å². The smallest absolute Gasteiger partial charge is 0.238 e. The highest BCUT2D eigenvalue weighted by Crippen LogP contribution is 2.22. The van der Waals surface area contributed by atoms with Gasteiger partial charge in [0.05, 0.1) is 37.2 Å². The second-order valence-electron chi connectivity index (χ2n) is 5.20. The van der Waals surface area contributed by atoms with Crippen molar-refractivity contribution in [1.82, 2.24) is 4.90 Å². The number of amides is 1. The molecular formula is C14H20ClN3O3. The second kappa shape index (κ2) is 7.09. The molecule has 1 aromatic carbocycles. The van der Waals surface area contributed by atoms with Crippen LogP contribution in [0.5, 0.6) is 0 Å². The van der Waals surface area contributed by atoms with Crippen LogP contribution in [0.1, 0.15) is 6.92 Å². The number of benzene rings is 1. The van der Waals surface area contributed by atoms with Crippen molar-refractivity contribution in [1.29, 1.82) is 0 Å². The predicted octanol–water partition coefficient (Wildman–Crippen LogP) is 0.942. The molecule has 4 N–H and O–H groups in total. The van der Waals surface area contributed by atoms with Gasteiger partial charge >= 0.3 is 0 Å². The molecule has 21 heavy (non-hydrogen) atoms. The van der Waals surface area contributed by atoms with Crippen LogP contribution >= 0.6 is 11.6 Å². The van der Waals surface area contributed by atoms with Crippen molar-refractivity contribution < 1.29 is 14.6 Å². The number of nitrogen functional groups attached to an aromatic ring is 1. The number of ether oxygens (including phenoxy) is 1. The van der Waals surface area contributed by atoms with Crippen molar-refractivity contribution in [3.63, 3.8) is 0 Å². The molecule has 2 rings (SSSR count). The van der Waals surface area contributed by atoms with Gasteiger partial charge in [-0.1, -0.05) is 11.6 Å². The van der Waals surface area contributed by atoms with Gasteiger partial charge in [-0.25, -0.2) is 0 Å². The average molecular weight is 314 g/mol. The molecule has 0 radical (unpaired) electrons. The molecule has 1 aliphatic rings. The van der Waals surface area contributed by atoms with E-state index in [1.54, 1.807) is 18.2 Å². The van der Waals surface area contributed by atoms with E-state index in [2.05, 4.69) is 5.32 Å². The number of carbonyl (C=O) groups is 1. The lowest BCUT2D eigenvalue weighted by Gasteiger charge is -2.36. The quantitative estimate of drug-likeness (QED) is 0.720. The van der Waals surface area contributed by atoms with Crippen molar-refractivity contribution in [2.45, 2.75) is 19.1 Å². The maximum Gasteiger partial charge on any atom is 0.238 e. The molecule has 1 heterocycles. The Kier molecular flexibility index (Phi) is 5.41. The van der Waals surface area contributed by atoms with Crippen LogP contribution in [0.2, 0.25) is 5.02 Å². The monoisotopic (exact) mass is 313 g/mol. The van der Waals surface area contributed by atoms with Crippen LogP contribution in [-0.2, 0) is 9.53 Å². The lowest BCUT2D eigenvalue weighted by molar-refractivity contribution is -0.122. The minimum Gasteiger partial charge on any atom is -0.397 e. The first-order valence-corrected chi connectivity index (χ1v) is 7.18. The lowest BCUT2D eigenvalue weighted by Crippen LogP contribution is -2.51. The molecule has 0 aromatic heterocycles. The molecule has 0 bridgehead atoms. The fourth-order valence-corrected chi connectivity index (χ4v) is 2.41. The highest BCUT2D eigenvalue weighted by Gasteiger charge is 2.27. The Morgan fingerprint density at radius 3 is 3.05 bits per heavy atom. The molecule has 1 aliphatic heterocycles. The molecule has 1 aromatic rings. The second-order valence-corrected chi connectivity index (χ2v) is 5.63. The summed E-state index contributed by atoms with van der Waals surface area (Å²) in [5, 5.41) is 12.4. The Labute approximate surface area is 128 Å². The normalized spacial score (nSPS) is 23.0. The first-order valence-electron chi connectivity index (χ1n) is 6.81. The standard InChI is InChI=1S/C14H20ClN3O3/c1-9-8-21-11(7-19)5-18(9)6-14(20)17-13-3-2-10(15)4-12(13)16/h2-4,9,11,19H,5-8,16H2,1H3,(H,17,20). The van der Waals surface area contributed by atoms with Gasteiger partial charge in [0, 0.05) is 17.6 Å². The Bertz CT molecular complexity index is 512. The van der Waals surface area contributed by atoms with E-state index in [1.807, 2.05) is 11.8 Å². The van der Waals surface area contributed by atoms with Gasteiger partial charge < -0.3 is 20.9 Å². The average Bonchev–Trinajstić information content (AvgIpc) is 2.44. The number of aliphatic hydroxyl groups is 1. The van der Waals surface area contributed by atoms with E-state index in [0.717, 1.165) is 0 Å². The van der Waals surface area contributed by atoms with Gasteiger partial charge in [-0.15, -0.1) is 0 Å². The Hall–Kier alpha value is -1.34. The van der Waals surface area contributed by atoms with Crippen molar-refractivity contribution in [2.24, 2.45) is 0 Å². The van der Waals surface area contributed by atoms with Gasteiger partial charge in [-0.3, -0.25) is 9.69 Å². The number of anilines is 2. The topological polar surface area (TPSA) is 87.8 Å². The maximum atomic E-state index is 12.1. The number of nitrogens with one attached hydrogen (secondary N) is 1. The summed E-state index contributed by atoms with van der Waals surface area (Å²) in [5.41, 5.74) is 6.78. The van der Waals surface area contributed by atoms with Crippen molar-refractivity contribution >= 4 is 28.9 Å². The predicted molar refractivity (Wildman–Crippen MR) is 82.4 cm³/mol. The molecule has 7 heteroatoms. The van der Waals surface area contributed by atoms with E-state index in [4.69, 9.17) is 27.2 Å². The third-order valence-electron chi connectivity index (χ3n) is 3.47. The number of hydrogen-bond acceptors (Lipinski definition) is 5. The molecule has 6 nitrogen and oxygen atoms in total. The number of rotatable bonds is 4. The summed E-state index contributed by atoms with van der Waals surface area (Å²) in [7, 11) is 0. The molecular weight excluding hydrogens is 294 g/mol. The van der Waals surface area contributed by atoms with E-state index in [0.29, 0.717) is 29.5 Å². The Morgan fingerprint density at radius 1 is 1.62 bits per heavy atom. The van der Waals surface area contributed by atoms with Gasteiger partial charge in [0.2, 0.25) is 5.91 Å². The molecule has 0 aliphatic carbocycles. The Morgan fingerprint density at radius 2 is 2.38 bits per heavy atom. The van der Waals surface area contributed by atoms with Crippen LogP contribution in [0.15, 0.2) is 18.2 Å². The summed E-state index contributed by atoms with van der Waals surface area (Å²) in [4.78, 5) is 14.1. The van der Waals surface area contributed by atoms with Crippen molar-refractivity contribution in [3.05, 3.63) is 23.2 Å². The third-order valence-corrected chi connectivity index (χ3v) is 3.71. The van der Waals surface area contributed by atoms with E-state index in [-0.39, 0.29) is 31.2 Å². The number of carbonyl (C=O) groups excluding carboxylic acids is 1. The molecule has 116 valence electrons. The maximum absolute atomic E-state index is 12.1. The van der Waals surface area contributed by atoms with Gasteiger partial charge in [-0.2, -0.15) is 0 Å². The summed E-state index contributed by atoms with van der Waals surface area (Å²) in [6, 6.07) is 5.07. The van der Waals surface area contributed by atoms with Gasteiger partial charge in [0.25, 0.3) is 0 Å². The number of hydrogen-bond donors (Lipinski definition) is 3. The van der Waals surface area contributed by atoms with Gasteiger partial charge in [0.15, 0.2) is 0 Å². The van der Waals surface area contributed by atoms with Crippen molar-refractivity contribution in [3.8, 4) is 0 Å². The Balaban J connectivity index is 1.94. The SMILES string of the molecule is CC1COC(CO)CN1CC(=O)Nc1ccc(Cl)cc1N. The summed E-state index contributed by atoms with van der Waals surface area (Å²) < 4.78 is 5.44. The molecule has 1 fully saturated rings. The summed E-state index contributed by atoms with van der Waals surface area (Å²) in [6.45, 7) is 3.19. The number of halogens is 1. The minimum absolute atomic E-state index is 0.0467. The zero-order valence-corrected chi connectivity index (χ0v) is 12.6. The molecule has 2 atom stereocenters. The summed E-state index contributed by atoms with van der Waals surface area (Å²) >= 11 is 5.82. The third kappa shape index (κ3) is 4.31. The number of aliphatic hydroxyl groups excluding tert-OH is 1. The fraction of sp³-hybridized carbons (Fsp3) is 0.500. The number of nitrogens with zero attached hydrogens (tertiary/aromatic N) is 1. The van der Waals surface area contributed by atoms with E-state index in [1.165, 1.54) is 0 Å². The van der Waals surface area contributed by atoms with Crippen LogP contribution in [0, 0.1) is 0 Å². The van der Waals surface area contributed by atoms with Crippen molar-refractivity contribution in [2.75, 3.05) is 37.4 Å². The van der Waals surface area contributed by atoms with Gasteiger partial charge in [0.1, 0.15) is 0 Å². The van der Waals surface area contributed by atoms with E-state index in [9.17, 15) is 4.79 Å². The summed E-state index contributed by atoms with van der Waals surface area (Å²) in [5.74, 6) is -0.158. The molecule has 1 amide bonds. The minimum atomic E-state index is -0.241. The van der Waals surface area contributed by atoms with E-state index >= 15 is 0 Å². The number of nitrogens with two attached hydrogens (primary N) is 1.